The molecule has 1 aromatic heterocycles. The minimum atomic E-state index is -0.432. The normalized spacial score (nSPS) is 10.9. The van der Waals surface area contributed by atoms with Gasteiger partial charge >= 0.3 is 0 Å². The highest BCUT2D eigenvalue weighted by Crippen LogP contribution is 2.15. The van der Waals surface area contributed by atoms with Crippen molar-refractivity contribution in [2.24, 2.45) is 5.41 Å². The number of nitrogens with zero attached hydrogens (tertiary/aromatic N) is 2. The van der Waals surface area contributed by atoms with Crippen LogP contribution >= 0.6 is 0 Å². The molecular formula is C11H15N3O. The molecule has 1 amide bonds. The number of aromatic nitrogens is 2. The standard InChI is InChI=1S/C11H15N3O/c1-5-8-6-13-9(7-12-8)14-10(15)11(2,3)4/h5-7H,1H2,2-4H3,(H,13,14,15). The monoisotopic (exact) mass is 205 g/mol. The van der Waals surface area contributed by atoms with Crippen LogP contribution in [0.5, 0.6) is 0 Å². The van der Waals surface area contributed by atoms with Gasteiger partial charge in [0.25, 0.3) is 0 Å². The molecule has 15 heavy (non-hydrogen) atoms. The average Bonchev–Trinajstić information content (AvgIpc) is 2.17. The molecule has 4 nitrogen and oxygen atoms in total. The molecule has 4 heteroatoms. The van der Waals surface area contributed by atoms with Gasteiger partial charge in [-0.25, -0.2) is 4.98 Å². The Kier molecular flexibility index (Phi) is 3.19. The van der Waals surface area contributed by atoms with Crippen LogP contribution in [-0.4, -0.2) is 15.9 Å². The van der Waals surface area contributed by atoms with E-state index in [-0.39, 0.29) is 5.91 Å². The molecule has 0 aromatic carbocycles. The fourth-order valence-corrected chi connectivity index (χ4v) is 0.812. The summed E-state index contributed by atoms with van der Waals surface area (Å²) in [4.78, 5) is 19.7. The minimum absolute atomic E-state index is 0.0804. The summed E-state index contributed by atoms with van der Waals surface area (Å²) in [7, 11) is 0. The SMILES string of the molecule is C=Cc1cnc(NC(=O)C(C)(C)C)cn1. The predicted molar refractivity (Wildman–Crippen MR) is 60.2 cm³/mol. The lowest BCUT2D eigenvalue weighted by Gasteiger charge is -2.16. The van der Waals surface area contributed by atoms with Crippen molar-refractivity contribution < 1.29 is 4.79 Å². The van der Waals surface area contributed by atoms with Crippen molar-refractivity contribution in [3.05, 3.63) is 24.7 Å². The van der Waals surface area contributed by atoms with Crippen LogP contribution < -0.4 is 5.32 Å². The third-order valence-corrected chi connectivity index (χ3v) is 1.80. The van der Waals surface area contributed by atoms with E-state index in [2.05, 4.69) is 21.9 Å². The molecule has 0 radical (unpaired) electrons. The number of hydrogen-bond acceptors (Lipinski definition) is 3. The number of anilines is 1. The first-order valence-corrected chi connectivity index (χ1v) is 4.69. The summed E-state index contributed by atoms with van der Waals surface area (Å²) >= 11 is 0. The number of nitrogens with one attached hydrogen (secondary N) is 1. The van der Waals surface area contributed by atoms with Gasteiger partial charge in [-0.15, -0.1) is 0 Å². The fraction of sp³-hybridized carbons (Fsp3) is 0.364. The van der Waals surface area contributed by atoms with Crippen molar-refractivity contribution in [3.8, 4) is 0 Å². The molecule has 0 atom stereocenters. The van der Waals surface area contributed by atoms with Crippen LogP contribution in [0, 0.1) is 5.41 Å². The molecule has 0 unspecified atom stereocenters. The van der Waals surface area contributed by atoms with Crippen LogP contribution in [0.15, 0.2) is 19.0 Å². The molecule has 1 rings (SSSR count). The van der Waals surface area contributed by atoms with E-state index in [1.165, 1.54) is 6.20 Å². The van der Waals surface area contributed by atoms with Crippen molar-refractivity contribution in [1.82, 2.24) is 9.97 Å². The number of rotatable bonds is 2. The van der Waals surface area contributed by atoms with Gasteiger partial charge in [0.05, 0.1) is 18.1 Å². The molecule has 0 fully saturated rings. The topological polar surface area (TPSA) is 54.9 Å². The van der Waals surface area contributed by atoms with Gasteiger partial charge in [-0.05, 0) is 6.08 Å². The molecule has 0 spiro atoms. The molecule has 0 aliphatic heterocycles. The highest BCUT2D eigenvalue weighted by Gasteiger charge is 2.21. The van der Waals surface area contributed by atoms with Gasteiger partial charge in [-0.1, -0.05) is 27.4 Å². The van der Waals surface area contributed by atoms with Crippen LogP contribution in [0.25, 0.3) is 6.08 Å². The van der Waals surface area contributed by atoms with Gasteiger partial charge in [0.2, 0.25) is 5.91 Å². The fourth-order valence-electron chi connectivity index (χ4n) is 0.812. The summed E-state index contributed by atoms with van der Waals surface area (Å²) in [6, 6.07) is 0. The second kappa shape index (κ2) is 4.21. The third kappa shape index (κ3) is 3.16. The molecule has 0 saturated heterocycles. The van der Waals surface area contributed by atoms with E-state index in [1.807, 2.05) is 20.8 Å². The summed E-state index contributed by atoms with van der Waals surface area (Å²) in [6.45, 7) is 9.09. The predicted octanol–water partition coefficient (Wildman–Crippen LogP) is 2.10. The summed E-state index contributed by atoms with van der Waals surface area (Å²) in [5, 5.41) is 2.69. The quantitative estimate of drug-likeness (QED) is 0.804. The van der Waals surface area contributed by atoms with E-state index in [9.17, 15) is 4.79 Å². The average molecular weight is 205 g/mol. The Morgan fingerprint density at radius 2 is 2.07 bits per heavy atom. The maximum absolute atomic E-state index is 11.6. The molecule has 1 N–H and O–H groups in total. The molecule has 0 saturated carbocycles. The Labute approximate surface area is 89.4 Å². The van der Waals surface area contributed by atoms with E-state index in [0.29, 0.717) is 11.5 Å². The lowest BCUT2D eigenvalue weighted by molar-refractivity contribution is -0.123. The first-order valence-electron chi connectivity index (χ1n) is 4.69. The second-order valence-electron chi connectivity index (χ2n) is 4.23. The van der Waals surface area contributed by atoms with Crippen LogP contribution in [0.3, 0.4) is 0 Å². The Hall–Kier alpha value is -1.71. The van der Waals surface area contributed by atoms with Crippen molar-refractivity contribution in [3.63, 3.8) is 0 Å². The van der Waals surface area contributed by atoms with Gasteiger partial charge in [-0.3, -0.25) is 9.78 Å². The molecule has 1 aromatic rings. The largest absolute Gasteiger partial charge is 0.309 e. The lowest BCUT2D eigenvalue weighted by Crippen LogP contribution is -2.28. The molecular weight excluding hydrogens is 190 g/mol. The van der Waals surface area contributed by atoms with Gasteiger partial charge in [0.1, 0.15) is 0 Å². The zero-order chi connectivity index (χ0) is 11.5. The Morgan fingerprint density at radius 1 is 1.40 bits per heavy atom. The number of hydrogen-bond donors (Lipinski definition) is 1. The number of carbonyl (C=O) groups is 1. The van der Waals surface area contributed by atoms with Crippen molar-refractivity contribution >= 4 is 17.8 Å². The Bertz CT molecular complexity index is 362. The van der Waals surface area contributed by atoms with E-state index in [1.54, 1.807) is 12.3 Å². The van der Waals surface area contributed by atoms with Crippen molar-refractivity contribution in [1.29, 1.82) is 0 Å². The number of carbonyl (C=O) groups excluding carboxylic acids is 1. The zero-order valence-corrected chi connectivity index (χ0v) is 9.24. The molecule has 1 heterocycles. The van der Waals surface area contributed by atoms with E-state index in [0.717, 1.165) is 0 Å². The third-order valence-electron chi connectivity index (χ3n) is 1.80. The van der Waals surface area contributed by atoms with Gasteiger partial charge < -0.3 is 5.32 Å². The summed E-state index contributed by atoms with van der Waals surface area (Å²) < 4.78 is 0. The first kappa shape index (κ1) is 11.4. The minimum Gasteiger partial charge on any atom is -0.309 e. The van der Waals surface area contributed by atoms with Gasteiger partial charge in [-0.2, -0.15) is 0 Å². The zero-order valence-electron chi connectivity index (χ0n) is 9.24. The second-order valence-corrected chi connectivity index (χ2v) is 4.23. The van der Waals surface area contributed by atoms with E-state index >= 15 is 0 Å². The van der Waals surface area contributed by atoms with E-state index in [4.69, 9.17) is 0 Å². The van der Waals surface area contributed by atoms with E-state index < -0.39 is 5.41 Å². The Balaban J connectivity index is 2.74. The van der Waals surface area contributed by atoms with Crippen molar-refractivity contribution in [2.45, 2.75) is 20.8 Å². The summed E-state index contributed by atoms with van der Waals surface area (Å²) in [6.07, 6.45) is 4.67. The van der Waals surface area contributed by atoms with Gasteiger partial charge in [0, 0.05) is 5.41 Å². The van der Waals surface area contributed by atoms with Crippen LogP contribution in [0.2, 0.25) is 0 Å². The molecule has 0 bridgehead atoms. The maximum Gasteiger partial charge on any atom is 0.230 e. The molecule has 0 aliphatic carbocycles. The summed E-state index contributed by atoms with van der Waals surface area (Å²) in [5.41, 5.74) is 0.252. The van der Waals surface area contributed by atoms with Gasteiger partial charge in [0.15, 0.2) is 5.82 Å². The van der Waals surface area contributed by atoms with Crippen LogP contribution in [-0.2, 0) is 4.79 Å². The van der Waals surface area contributed by atoms with Crippen LogP contribution in [0.1, 0.15) is 26.5 Å². The summed E-state index contributed by atoms with van der Waals surface area (Å²) in [5.74, 6) is 0.378. The number of amides is 1. The first-order chi connectivity index (χ1) is 6.93. The lowest BCUT2D eigenvalue weighted by atomic mass is 9.96. The molecule has 0 aliphatic rings. The maximum atomic E-state index is 11.6. The van der Waals surface area contributed by atoms with Crippen molar-refractivity contribution in [2.75, 3.05) is 5.32 Å². The molecule has 80 valence electrons. The highest BCUT2D eigenvalue weighted by molar-refractivity contribution is 5.93. The smallest absolute Gasteiger partial charge is 0.230 e. The van der Waals surface area contributed by atoms with Crippen LogP contribution in [0.4, 0.5) is 5.82 Å². The Morgan fingerprint density at radius 3 is 2.47 bits per heavy atom. The highest BCUT2D eigenvalue weighted by atomic mass is 16.2.